The Bertz CT molecular complexity index is 64.9. The van der Waals surface area contributed by atoms with E-state index in [2.05, 4.69) is 23.9 Å². The van der Waals surface area contributed by atoms with Crippen LogP contribution in [0.15, 0.2) is 0 Å². The minimum absolute atomic E-state index is 1.14. The molecule has 0 amide bonds. The highest BCUT2D eigenvalue weighted by atomic mass is 15.3. The van der Waals surface area contributed by atoms with Crippen molar-refractivity contribution in [1.29, 1.82) is 0 Å². The molecule has 1 aliphatic heterocycles. The molecule has 0 unspecified atom stereocenters. The Morgan fingerprint density at radius 1 is 1.00 bits per heavy atom. The molecule has 0 atom stereocenters. The molecule has 0 aliphatic carbocycles. The Morgan fingerprint density at radius 3 is 1.75 bits per heavy atom. The number of hydrogen-bond donors (Lipinski definition) is 0. The molecule has 2 heteroatoms. The molecule has 0 bridgehead atoms. The van der Waals surface area contributed by atoms with Crippen LogP contribution in [-0.2, 0) is 0 Å². The van der Waals surface area contributed by atoms with Gasteiger partial charge in [-0.15, -0.1) is 0 Å². The van der Waals surface area contributed by atoms with Crippen molar-refractivity contribution in [3.05, 3.63) is 0 Å². The Kier molecular flexibility index (Phi) is 1.86. The fourth-order valence-corrected chi connectivity index (χ4v) is 1.16. The minimum Gasteiger partial charge on any atom is -0.294 e. The van der Waals surface area contributed by atoms with Gasteiger partial charge in [0.2, 0.25) is 0 Å². The van der Waals surface area contributed by atoms with Gasteiger partial charge in [0, 0.05) is 13.1 Å². The van der Waals surface area contributed by atoms with Crippen molar-refractivity contribution in [3.63, 3.8) is 0 Å². The second kappa shape index (κ2) is 2.46. The first-order valence-electron chi connectivity index (χ1n) is 3.16. The lowest BCUT2D eigenvalue weighted by molar-refractivity contribution is 0.133. The van der Waals surface area contributed by atoms with Crippen molar-refractivity contribution < 1.29 is 0 Å². The summed E-state index contributed by atoms with van der Waals surface area (Å²) in [6, 6.07) is 0. The van der Waals surface area contributed by atoms with Gasteiger partial charge in [-0.05, 0) is 20.5 Å². The van der Waals surface area contributed by atoms with Crippen LogP contribution in [0.5, 0.6) is 0 Å². The highest BCUT2D eigenvalue weighted by Gasteiger charge is 2.08. The van der Waals surface area contributed by atoms with Crippen molar-refractivity contribution in [2.45, 2.75) is 6.42 Å². The monoisotopic (exact) mass is 114 g/mol. The predicted octanol–water partition coefficient (Wildman–Crippen LogP) is 0.211. The summed E-state index contributed by atoms with van der Waals surface area (Å²) in [5.74, 6) is 0. The maximum Gasteiger partial charge on any atom is 0.0500 e. The van der Waals surface area contributed by atoms with E-state index in [-0.39, 0.29) is 0 Å². The lowest BCUT2D eigenvalue weighted by Gasteiger charge is -2.29. The minimum atomic E-state index is 1.14. The Labute approximate surface area is 51.1 Å². The molecule has 0 aromatic rings. The highest BCUT2D eigenvalue weighted by molar-refractivity contribution is 4.60. The van der Waals surface area contributed by atoms with Gasteiger partial charge in [0.25, 0.3) is 0 Å². The summed E-state index contributed by atoms with van der Waals surface area (Å²) in [5, 5.41) is 0. The zero-order chi connectivity index (χ0) is 5.98. The van der Waals surface area contributed by atoms with Crippen LogP contribution in [-0.4, -0.2) is 43.7 Å². The van der Waals surface area contributed by atoms with E-state index in [0.717, 1.165) is 6.67 Å². The molecule has 0 radical (unpaired) electrons. The molecule has 1 rings (SSSR count). The third-order valence-corrected chi connectivity index (χ3v) is 1.56. The lowest BCUT2D eigenvalue weighted by Crippen LogP contribution is -2.40. The van der Waals surface area contributed by atoms with E-state index in [0.29, 0.717) is 0 Å². The summed E-state index contributed by atoms with van der Waals surface area (Å²) in [5.41, 5.74) is 0. The summed E-state index contributed by atoms with van der Waals surface area (Å²) < 4.78 is 0. The number of hydrogen-bond acceptors (Lipinski definition) is 2. The molecule has 0 saturated carbocycles. The standard InChI is InChI=1S/C6H14N2/c1-7-4-3-5-8(2)6-7/h3-6H2,1-2H3. The Hall–Kier alpha value is -0.0800. The maximum absolute atomic E-state index is 2.34. The fraction of sp³-hybridized carbons (Fsp3) is 1.00. The van der Waals surface area contributed by atoms with Gasteiger partial charge in [-0.25, -0.2) is 0 Å². The summed E-state index contributed by atoms with van der Waals surface area (Å²) in [6.07, 6.45) is 1.33. The van der Waals surface area contributed by atoms with Crippen molar-refractivity contribution in [2.24, 2.45) is 0 Å². The van der Waals surface area contributed by atoms with Crippen molar-refractivity contribution in [3.8, 4) is 0 Å². The maximum atomic E-state index is 2.34. The van der Waals surface area contributed by atoms with Crippen molar-refractivity contribution in [2.75, 3.05) is 33.9 Å². The van der Waals surface area contributed by atoms with Crippen LogP contribution in [0.25, 0.3) is 0 Å². The van der Waals surface area contributed by atoms with E-state index in [1.54, 1.807) is 0 Å². The lowest BCUT2D eigenvalue weighted by atomic mass is 10.3. The molecule has 0 aromatic heterocycles. The van der Waals surface area contributed by atoms with E-state index >= 15 is 0 Å². The Morgan fingerprint density at radius 2 is 1.50 bits per heavy atom. The van der Waals surface area contributed by atoms with E-state index in [4.69, 9.17) is 0 Å². The molecule has 1 saturated heterocycles. The molecule has 2 nitrogen and oxygen atoms in total. The van der Waals surface area contributed by atoms with Crippen LogP contribution in [0.3, 0.4) is 0 Å². The van der Waals surface area contributed by atoms with E-state index in [1.165, 1.54) is 19.5 Å². The first-order chi connectivity index (χ1) is 3.79. The van der Waals surface area contributed by atoms with E-state index in [1.807, 2.05) is 0 Å². The van der Waals surface area contributed by atoms with Crippen LogP contribution < -0.4 is 0 Å². The largest absolute Gasteiger partial charge is 0.294 e. The molecule has 1 fully saturated rings. The summed E-state index contributed by atoms with van der Waals surface area (Å²) >= 11 is 0. The molecule has 0 N–H and O–H groups in total. The van der Waals surface area contributed by atoms with Gasteiger partial charge in [0.15, 0.2) is 0 Å². The fourth-order valence-electron chi connectivity index (χ4n) is 1.16. The van der Waals surface area contributed by atoms with E-state index in [9.17, 15) is 0 Å². The van der Waals surface area contributed by atoms with Crippen molar-refractivity contribution in [1.82, 2.24) is 9.80 Å². The SMILES string of the molecule is CN1CCCN(C)C1. The van der Waals surface area contributed by atoms with Gasteiger partial charge in [-0.1, -0.05) is 0 Å². The molecule has 0 aromatic carbocycles. The smallest absolute Gasteiger partial charge is 0.0500 e. The van der Waals surface area contributed by atoms with Gasteiger partial charge in [-0.3, -0.25) is 9.80 Å². The molecule has 48 valence electrons. The molecule has 1 aliphatic rings. The summed E-state index contributed by atoms with van der Waals surface area (Å²) in [4.78, 5) is 4.67. The predicted molar refractivity (Wildman–Crippen MR) is 34.7 cm³/mol. The normalized spacial score (nSPS) is 26.2. The Balaban J connectivity index is 2.23. The summed E-state index contributed by atoms with van der Waals surface area (Å²) in [7, 11) is 4.32. The number of nitrogens with zero attached hydrogens (tertiary/aromatic N) is 2. The highest BCUT2D eigenvalue weighted by Crippen LogP contribution is 1.98. The van der Waals surface area contributed by atoms with Gasteiger partial charge in [0.05, 0.1) is 6.67 Å². The third-order valence-electron chi connectivity index (χ3n) is 1.56. The third kappa shape index (κ3) is 1.46. The first-order valence-corrected chi connectivity index (χ1v) is 3.16. The molecular formula is C6H14N2. The van der Waals surface area contributed by atoms with Crippen LogP contribution in [0, 0.1) is 0 Å². The first kappa shape index (κ1) is 6.05. The average molecular weight is 114 g/mol. The summed E-state index contributed by atoms with van der Waals surface area (Å²) in [6.45, 7) is 3.68. The van der Waals surface area contributed by atoms with Crippen LogP contribution in [0.2, 0.25) is 0 Å². The van der Waals surface area contributed by atoms with Gasteiger partial charge in [-0.2, -0.15) is 0 Å². The average Bonchev–Trinajstić information content (AvgIpc) is 1.64. The quantitative estimate of drug-likeness (QED) is 0.444. The second-order valence-corrected chi connectivity index (χ2v) is 2.65. The van der Waals surface area contributed by atoms with Crippen molar-refractivity contribution >= 4 is 0 Å². The van der Waals surface area contributed by atoms with E-state index < -0.39 is 0 Å². The van der Waals surface area contributed by atoms with Gasteiger partial charge >= 0.3 is 0 Å². The second-order valence-electron chi connectivity index (χ2n) is 2.65. The topological polar surface area (TPSA) is 6.48 Å². The number of rotatable bonds is 0. The molecular weight excluding hydrogens is 100 g/mol. The molecule has 1 heterocycles. The van der Waals surface area contributed by atoms with Gasteiger partial charge < -0.3 is 0 Å². The van der Waals surface area contributed by atoms with Gasteiger partial charge in [0.1, 0.15) is 0 Å². The van der Waals surface area contributed by atoms with Crippen LogP contribution in [0.4, 0.5) is 0 Å². The van der Waals surface area contributed by atoms with Crippen LogP contribution >= 0.6 is 0 Å². The zero-order valence-corrected chi connectivity index (χ0v) is 5.72. The zero-order valence-electron chi connectivity index (χ0n) is 5.72. The van der Waals surface area contributed by atoms with Crippen LogP contribution in [0.1, 0.15) is 6.42 Å². The molecule has 8 heavy (non-hydrogen) atoms. The molecule has 0 spiro atoms.